The number of amides is 1. The standard InChI is InChI=1S/C20H18BrN3O3/c21-18-12-14(1-6-19(18)25)11-15(13-22)20(26)23-16-2-4-17(5-3-16)24-7-9-27-10-8-24/h1-6,11-12,25H,7-10H2,(H,23,26)/b15-11+. The van der Waals surface area contributed by atoms with Crippen LogP contribution in [0.4, 0.5) is 11.4 Å². The highest BCUT2D eigenvalue weighted by Crippen LogP contribution is 2.25. The molecule has 0 aliphatic carbocycles. The number of nitrogens with one attached hydrogen (secondary N) is 1. The molecule has 1 aliphatic heterocycles. The second kappa shape index (κ2) is 8.71. The Morgan fingerprint density at radius 3 is 2.56 bits per heavy atom. The second-order valence-corrected chi connectivity index (χ2v) is 6.84. The van der Waals surface area contributed by atoms with E-state index in [1.807, 2.05) is 30.3 Å². The number of carbonyl (C=O) groups excluding carboxylic acids is 1. The maximum Gasteiger partial charge on any atom is 0.266 e. The van der Waals surface area contributed by atoms with Gasteiger partial charge >= 0.3 is 0 Å². The molecule has 0 atom stereocenters. The minimum absolute atomic E-state index is 0.0233. The predicted octanol–water partition coefficient (Wildman–Crippen LogP) is 3.54. The fraction of sp³-hybridized carbons (Fsp3) is 0.200. The van der Waals surface area contributed by atoms with Gasteiger partial charge in [0, 0.05) is 24.5 Å². The molecule has 1 aliphatic rings. The summed E-state index contributed by atoms with van der Waals surface area (Å²) in [6, 6.07) is 14.2. The van der Waals surface area contributed by atoms with E-state index in [9.17, 15) is 15.2 Å². The molecule has 2 aromatic rings. The highest BCUT2D eigenvalue weighted by molar-refractivity contribution is 9.10. The fourth-order valence-corrected chi connectivity index (χ4v) is 3.10. The number of rotatable bonds is 4. The molecule has 1 fully saturated rings. The molecule has 0 radical (unpaired) electrons. The number of carbonyl (C=O) groups is 1. The van der Waals surface area contributed by atoms with Crippen molar-refractivity contribution in [3.05, 3.63) is 58.1 Å². The van der Waals surface area contributed by atoms with Gasteiger partial charge in [0.1, 0.15) is 17.4 Å². The molecule has 0 aromatic heterocycles. The summed E-state index contributed by atoms with van der Waals surface area (Å²) in [5, 5.41) is 21.6. The van der Waals surface area contributed by atoms with Gasteiger partial charge in [0.25, 0.3) is 5.91 Å². The van der Waals surface area contributed by atoms with Gasteiger partial charge in [-0.1, -0.05) is 6.07 Å². The van der Waals surface area contributed by atoms with Gasteiger partial charge in [-0.3, -0.25) is 4.79 Å². The Kier molecular flexibility index (Phi) is 6.12. The number of phenolic OH excluding ortho intramolecular Hbond substituents is 1. The summed E-state index contributed by atoms with van der Waals surface area (Å²) < 4.78 is 5.84. The highest BCUT2D eigenvalue weighted by Gasteiger charge is 2.13. The van der Waals surface area contributed by atoms with Crippen LogP contribution >= 0.6 is 15.9 Å². The molecule has 1 amide bonds. The van der Waals surface area contributed by atoms with E-state index in [1.165, 1.54) is 12.1 Å². The molecule has 2 aromatic carbocycles. The smallest absolute Gasteiger partial charge is 0.266 e. The van der Waals surface area contributed by atoms with E-state index >= 15 is 0 Å². The van der Waals surface area contributed by atoms with E-state index in [4.69, 9.17) is 4.74 Å². The molecule has 0 bridgehead atoms. The van der Waals surface area contributed by atoms with Crippen molar-refractivity contribution in [2.45, 2.75) is 0 Å². The van der Waals surface area contributed by atoms with Crippen molar-refractivity contribution in [1.29, 1.82) is 5.26 Å². The number of anilines is 2. The molecule has 0 unspecified atom stereocenters. The van der Waals surface area contributed by atoms with Crippen molar-refractivity contribution >= 4 is 39.3 Å². The van der Waals surface area contributed by atoms with Crippen LogP contribution in [0.25, 0.3) is 6.08 Å². The van der Waals surface area contributed by atoms with Crippen LogP contribution in [0.2, 0.25) is 0 Å². The van der Waals surface area contributed by atoms with Crippen LogP contribution in [0, 0.1) is 11.3 Å². The van der Waals surface area contributed by atoms with Crippen molar-refractivity contribution in [1.82, 2.24) is 0 Å². The number of ether oxygens (including phenoxy) is 1. The van der Waals surface area contributed by atoms with Gasteiger partial charge in [-0.15, -0.1) is 0 Å². The molecule has 3 rings (SSSR count). The monoisotopic (exact) mass is 427 g/mol. The number of phenols is 1. The summed E-state index contributed by atoms with van der Waals surface area (Å²) in [6.45, 7) is 3.11. The van der Waals surface area contributed by atoms with Crippen molar-refractivity contribution in [3.8, 4) is 11.8 Å². The van der Waals surface area contributed by atoms with Crippen LogP contribution in [0.3, 0.4) is 0 Å². The van der Waals surface area contributed by atoms with E-state index in [0.29, 0.717) is 28.9 Å². The van der Waals surface area contributed by atoms with Crippen LogP contribution in [-0.4, -0.2) is 37.3 Å². The molecule has 6 nitrogen and oxygen atoms in total. The van der Waals surface area contributed by atoms with Gasteiger partial charge < -0.3 is 20.1 Å². The average Bonchev–Trinajstić information content (AvgIpc) is 2.70. The Hall–Kier alpha value is -2.82. The zero-order chi connectivity index (χ0) is 19.2. The predicted molar refractivity (Wildman–Crippen MR) is 108 cm³/mol. The molecular weight excluding hydrogens is 410 g/mol. The van der Waals surface area contributed by atoms with Gasteiger partial charge in [-0.05, 0) is 64.0 Å². The lowest BCUT2D eigenvalue weighted by atomic mass is 10.1. The van der Waals surface area contributed by atoms with Crippen LogP contribution in [0.15, 0.2) is 52.5 Å². The number of morpholine rings is 1. The normalized spacial score (nSPS) is 14.5. The van der Waals surface area contributed by atoms with E-state index in [1.54, 1.807) is 12.1 Å². The molecule has 27 heavy (non-hydrogen) atoms. The minimum Gasteiger partial charge on any atom is -0.507 e. The largest absolute Gasteiger partial charge is 0.507 e. The molecule has 0 spiro atoms. The Labute approximate surface area is 165 Å². The van der Waals surface area contributed by atoms with Crippen molar-refractivity contribution in [2.75, 3.05) is 36.5 Å². The summed E-state index contributed by atoms with van der Waals surface area (Å²) in [7, 11) is 0. The summed E-state index contributed by atoms with van der Waals surface area (Å²) in [4.78, 5) is 14.6. The van der Waals surface area contributed by atoms with Crippen molar-refractivity contribution in [2.24, 2.45) is 0 Å². The average molecular weight is 428 g/mol. The van der Waals surface area contributed by atoms with E-state index < -0.39 is 5.91 Å². The Bertz CT molecular complexity index is 898. The van der Waals surface area contributed by atoms with E-state index in [2.05, 4.69) is 26.1 Å². The lowest BCUT2D eigenvalue weighted by Crippen LogP contribution is -2.36. The highest BCUT2D eigenvalue weighted by atomic mass is 79.9. The summed E-state index contributed by atoms with van der Waals surface area (Å²) in [5.41, 5.74) is 2.30. The van der Waals surface area contributed by atoms with Crippen LogP contribution in [0.1, 0.15) is 5.56 Å². The lowest BCUT2D eigenvalue weighted by molar-refractivity contribution is -0.112. The van der Waals surface area contributed by atoms with Gasteiger partial charge in [-0.2, -0.15) is 5.26 Å². The molecular formula is C20H18BrN3O3. The first-order valence-electron chi connectivity index (χ1n) is 8.41. The second-order valence-electron chi connectivity index (χ2n) is 5.98. The number of benzene rings is 2. The number of halogens is 1. The first-order chi connectivity index (χ1) is 13.1. The quantitative estimate of drug-likeness (QED) is 0.575. The number of aromatic hydroxyl groups is 1. The van der Waals surface area contributed by atoms with Gasteiger partial charge in [0.15, 0.2) is 0 Å². The van der Waals surface area contributed by atoms with Crippen LogP contribution in [-0.2, 0) is 9.53 Å². The third kappa shape index (κ3) is 4.88. The van der Waals surface area contributed by atoms with E-state index in [-0.39, 0.29) is 11.3 Å². The zero-order valence-corrected chi connectivity index (χ0v) is 16.1. The molecule has 138 valence electrons. The Balaban J connectivity index is 1.70. The summed E-state index contributed by atoms with van der Waals surface area (Å²) in [5.74, 6) is -0.392. The maximum absolute atomic E-state index is 12.4. The SMILES string of the molecule is N#C/C(=C\c1ccc(O)c(Br)c1)C(=O)Nc1ccc(N2CCOCC2)cc1. The van der Waals surface area contributed by atoms with Gasteiger partial charge in [-0.25, -0.2) is 0 Å². The molecule has 1 heterocycles. The van der Waals surface area contributed by atoms with E-state index in [0.717, 1.165) is 18.8 Å². The van der Waals surface area contributed by atoms with Crippen molar-refractivity contribution < 1.29 is 14.6 Å². The zero-order valence-electron chi connectivity index (χ0n) is 14.5. The Morgan fingerprint density at radius 1 is 1.22 bits per heavy atom. The number of hydrogen-bond donors (Lipinski definition) is 2. The third-order valence-electron chi connectivity index (χ3n) is 4.15. The topological polar surface area (TPSA) is 85.6 Å². The molecule has 1 saturated heterocycles. The van der Waals surface area contributed by atoms with Crippen LogP contribution < -0.4 is 10.2 Å². The number of nitrogens with zero attached hydrogens (tertiary/aromatic N) is 2. The summed E-state index contributed by atoms with van der Waals surface area (Å²) >= 11 is 3.21. The number of nitriles is 1. The first-order valence-corrected chi connectivity index (χ1v) is 9.20. The third-order valence-corrected chi connectivity index (χ3v) is 4.78. The molecule has 0 saturated carbocycles. The van der Waals surface area contributed by atoms with Crippen LogP contribution in [0.5, 0.6) is 5.75 Å². The first kappa shape index (κ1) is 19.0. The minimum atomic E-state index is -0.485. The maximum atomic E-state index is 12.4. The number of hydrogen-bond acceptors (Lipinski definition) is 5. The molecule has 2 N–H and O–H groups in total. The Morgan fingerprint density at radius 2 is 1.93 bits per heavy atom. The summed E-state index contributed by atoms with van der Waals surface area (Å²) in [6.07, 6.45) is 1.47. The van der Waals surface area contributed by atoms with Gasteiger partial charge in [0.05, 0.1) is 17.7 Å². The molecule has 7 heteroatoms. The lowest BCUT2D eigenvalue weighted by Gasteiger charge is -2.28. The fourth-order valence-electron chi connectivity index (χ4n) is 2.70. The van der Waals surface area contributed by atoms with Crippen molar-refractivity contribution in [3.63, 3.8) is 0 Å². The van der Waals surface area contributed by atoms with Gasteiger partial charge in [0.2, 0.25) is 0 Å².